The average Bonchev–Trinajstić information content (AvgIpc) is 3.30. The molecule has 0 fully saturated rings. The van der Waals surface area contributed by atoms with E-state index in [1.165, 1.54) is 308 Å². The van der Waals surface area contributed by atoms with Crippen molar-refractivity contribution < 1.29 is 15.0 Å². The highest BCUT2D eigenvalue weighted by Gasteiger charge is 2.20. The fourth-order valence-corrected chi connectivity index (χ4v) is 10.0. The van der Waals surface area contributed by atoms with Gasteiger partial charge in [-0.05, 0) is 12.8 Å². The number of hydrogen-bond acceptors (Lipinski definition) is 3. The molecule has 0 aliphatic carbocycles. The molecule has 0 saturated carbocycles. The standard InChI is InChI=1S/C60H121NO3/c1-3-5-7-9-11-13-15-17-19-21-23-25-27-29-30-31-32-33-35-37-39-41-43-45-47-49-51-53-55-59(63)58(57-62)61-60(64)56-54-52-50-48-46-44-42-40-38-36-34-28-26-24-22-20-18-16-14-12-10-8-6-4-2/h58-59,62-63H,3-57H2,1-2H3,(H,61,64). The number of rotatable bonds is 57. The summed E-state index contributed by atoms with van der Waals surface area (Å²) in [6, 6.07) is -0.532. The lowest BCUT2D eigenvalue weighted by Gasteiger charge is -2.22. The largest absolute Gasteiger partial charge is 0.394 e. The minimum atomic E-state index is -0.655. The number of amides is 1. The highest BCUT2D eigenvalue weighted by atomic mass is 16.3. The first kappa shape index (κ1) is 63.4. The molecule has 4 nitrogen and oxygen atoms in total. The summed E-state index contributed by atoms with van der Waals surface area (Å²) >= 11 is 0. The first-order valence-corrected chi connectivity index (χ1v) is 30.2. The maximum Gasteiger partial charge on any atom is 0.220 e. The number of carbonyl (C=O) groups is 1. The topological polar surface area (TPSA) is 69.6 Å². The van der Waals surface area contributed by atoms with Crippen LogP contribution in [0.3, 0.4) is 0 Å². The van der Waals surface area contributed by atoms with Crippen molar-refractivity contribution in [3.05, 3.63) is 0 Å². The van der Waals surface area contributed by atoms with Crippen LogP contribution in [-0.2, 0) is 4.79 Å². The minimum absolute atomic E-state index is 0.0210. The van der Waals surface area contributed by atoms with E-state index < -0.39 is 12.1 Å². The molecule has 3 N–H and O–H groups in total. The Morgan fingerprint density at radius 2 is 0.500 bits per heavy atom. The predicted molar refractivity (Wildman–Crippen MR) is 286 cm³/mol. The quantitative estimate of drug-likeness (QED) is 0.0533. The summed E-state index contributed by atoms with van der Waals surface area (Å²) in [5.74, 6) is -0.0210. The molecule has 4 heteroatoms. The van der Waals surface area contributed by atoms with E-state index >= 15 is 0 Å². The van der Waals surface area contributed by atoms with Gasteiger partial charge in [-0.25, -0.2) is 0 Å². The van der Waals surface area contributed by atoms with Crippen molar-refractivity contribution in [3.63, 3.8) is 0 Å². The lowest BCUT2D eigenvalue weighted by molar-refractivity contribution is -0.123. The van der Waals surface area contributed by atoms with E-state index in [0.29, 0.717) is 12.8 Å². The van der Waals surface area contributed by atoms with E-state index in [1.807, 2.05) is 0 Å². The Kier molecular flexibility index (Phi) is 56.2. The molecule has 0 heterocycles. The maximum atomic E-state index is 12.5. The van der Waals surface area contributed by atoms with Gasteiger partial charge < -0.3 is 15.5 Å². The molecule has 1 amide bonds. The summed E-state index contributed by atoms with van der Waals surface area (Å²) < 4.78 is 0. The second-order valence-corrected chi connectivity index (χ2v) is 21.1. The molecule has 2 atom stereocenters. The van der Waals surface area contributed by atoms with Gasteiger partial charge in [0.2, 0.25) is 5.91 Å². The van der Waals surface area contributed by atoms with Crippen LogP contribution >= 0.6 is 0 Å². The lowest BCUT2D eigenvalue weighted by atomic mass is 10.0. The first-order valence-electron chi connectivity index (χ1n) is 30.2. The first-order chi connectivity index (χ1) is 31.7. The number of aliphatic hydroxyl groups excluding tert-OH is 2. The molecular formula is C60H121NO3. The molecule has 0 aromatic carbocycles. The van der Waals surface area contributed by atoms with Gasteiger partial charge in [0, 0.05) is 6.42 Å². The van der Waals surface area contributed by atoms with Gasteiger partial charge >= 0.3 is 0 Å². The zero-order chi connectivity index (χ0) is 46.3. The number of hydrogen-bond donors (Lipinski definition) is 3. The van der Waals surface area contributed by atoms with Crippen LogP contribution < -0.4 is 5.32 Å². The van der Waals surface area contributed by atoms with Crippen LogP contribution in [-0.4, -0.2) is 34.9 Å². The van der Waals surface area contributed by atoms with Crippen molar-refractivity contribution in [2.24, 2.45) is 0 Å². The van der Waals surface area contributed by atoms with Crippen LogP contribution in [0.25, 0.3) is 0 Å². The third-order valence-electron chi connectivity index (χ3n) is 14.6. The molecular weight excluding hydrogens is 783 g/mol. The van der Waals surface area contributed by atoms with E-state index in [2.05, 4.69) is 19.2 Å². The van der Waals surface area contributed by atoms with Crippen LogP contribution in [0.5, 0.6) is 0 Å². The Labute approximate surface area is 404 Å². The van der Waals surface area contributed by atoms with E-state index in [4.69, 9.17) is 0 Å². The summed E-state index contributed by atoms with van der Waals surface area (Å²) in [6.07, 6.45) is 72.6. The molecule has 2 unspecified atom stereocenters. The predicted octanol–water partition coefficient (Wildman–Crippen LogP) is 19.9. The van der Waals surface area contributed by atoms with E-state index in [0.717, 1.165) is 25.7 Å². The van der Waals surface area contributed by atoms with Crippen LogP contribution in [0.1, 0.15) is 361 Å². The molecule has 0 rings (SSSR count). The van der Waals surface area contributed by atoms with Crippen molar-refractivity contribution in [2.75, 3.05) is 6.61 Å². The van der Waals surface area contributed by atoms with Crippen LogP contribution in [0.15, 0.2) is 0 Å². The molecule has 0 radical (unpaired) electrons. The van der Waals surface area contributed by atoms with Crippen molar-refractivity contribution in [3.8, 4) is 0 Å². The lowest BCUT2D eigenvalue weighted by Crippen LogP contribution is -2.45. The molecule has 0 aliphatic heterocycles. The monoisotopic (exact) mass is 904 g/mol. The van der Waals surface area contributed by atoms with Crippen molar-refractivity contribution in [2.45, 2.75) is 373 Å². The fraction of sp³-hybridized carbons (Fsp3) is 0.983. The number of aliphatic hydroxyl groups is 2. The molecule has 0 aliphatic rings. The normalized spacial score (nSPS) is 12.6. The maximum absolute atomic E-state index is 12.5. The zero-order valence-electron chi connectivity index (χ0n) is 44.3. The molecule has 384 valence electrons. The second-order valence-electron chi connectivity index (χ2n) is 21.1. The van der Waals surface area contributed by atoms with Gasteiger partial charge in [0.1, 0.15) is 0 Å². The summed E-state index contributed by atoms with van der Waals surface area (Å²) in [5.41, 5.74) is 0. The Morgan fingerprint density at radius 1 is 0.312 bits per heavy atom. The van der Waals surface area contributed by atoms with Gasteiger partial charge in [-0.2, -0.15) is 0 Å². The third-order valence-corrected chi connectivity index (χ3v) is 14.6. The Bertz CT molecular complexity index is 849. The Balaban J connectivity index is 3.38. The van der Waals surface area contributed by atoms with Gasteiger partial charge in [0.15, 0.2) is 0 Å². The third kappa shape index (κ3) is 52.4. The highest BCUT2D eigenvalue weighted by Crippen LogP contribution is 2.19. The zero-order valence-corrected chi connectivity index (χ0v) is 44.3. The molecule has 0 bridgehead atoms. The number of carbonyl (C=O) groups excluding carboxylic acids is 1. The molecule has 0 aromatic rings. The van der Waals surface area contributed by atoms with Gasteiger partial charge in [0.25, 0.3) is 0 Å². The van der Waals surface area contributed by atoms with Crippen LogP contribution in [0, 0.1) is 0 Å². The molecule has 0 saturated heterocycles. The van der Waals surface area contributed by atoms with Gasteiger partial charge in [-0.3, -0.25) is 4.79 Å². The molecule has 0 spiro atoms. The smallest absolute Gasteiger partial charge is 0.220 e. The van der Waals surface area contributed by atoms with Gasteiger partial charge in [-0.15, -0.1) is 0 Å². The summed E-state index contributed by atoms with van der Waals surface area (Å²) in [7, 11) is 0. The van der Waals surface area contributed by atoms with Crippen molar-refractivity contribution in [1.29, 1.82) is 0 Å². The number of nitrogens with one attached hydrogen (secondary N) is 1. The van der Waals surface area contributed by atoms with Crippen molar-refractivity contribution in [1.82, 2.24) is 5.32 Å². The van der Waals surface area contributed by atoms with E-state index in [1.54, 1.807) is 0 Å². The highest BCUT2D eigenvalue weighted by molar-refractivity contribution is 5.76. The Morgan fingerprint density at radius 3 is 0.703 bits per heavy atom. The van der Waals surface area contributed by atoms with E-state index in [9.17, 15) is 15.0 Å². The Hall–Kier alpha value is -0.610. The van der Waals surface area contributed by atoms with Crippen molar-refractivity contribution >= 4 is 5.91 Å². The van der Waals surface area contributed by atoms with Gasteiger partial charge in [0.05, 0.1) is 18.8 Å². The van der Waals surface area contributed by atoms with Crippen LogP contribution in [0.2, 0.25) is 0 Å². The summed E-state index contributed by atoms with van der Waals surface area (Å²) in [5, 5.41) is 23.4. The number of unbranched alkanes of at least 4 members (excludes halogenated alkanes) is 50. The molecule has 64 heavy (non-hydrogen) atoms. The summed E-state index contributed by atoms with van der Waals surface area (Å²) in [6.45, 7) is 4.41. The van der Waals surface area contributed by atoms with Gasteiger partial charge in [-0.1, -0.05) is 341 Å². The fourth-order valence-electron chi connectivity index (χ4n) is 10.0. The second kappa shape index (κ2) is 56.7. The van der Waals surface area contributed by atoms with Crippen LogP contribution in [0.4, 0.5) is 0 Å². The summed E-state index contributed by atoms with van der Waals surface area (Å²) in [4.78, 5) is 12.5. The van der Waals surface area contributed by atoms with E-state index in [-0.39, 0.29) is 12.5 Å². The average molecular weight is 905 g/mol. The SMILES string of the molecule is CCCCCCCCCCCCCCCCCCCCCCCCCCCCCCC(O)C(CO)NC(=O)CCCCCCCCCCCCCCCCCCCCCCCCCC. The minimum Gasteiger partial charge on any atom is -0.394 e. The molecule has 0 aromatic heterocycles.